The molecule has 0 saturated heterocycles. The monoisotopic (exact) mass is 400 g/mol. The molecule has 9 heteroatoms. The molecule has 0 aliphatic heterocycles. The molecule has 1 heterocycles. The molecule has 7 nitrogen and oxygen atoms in total. The normalized spacial score (nSPS) is 10.3. The lowest BCUT2D eigenvalue weighted by molar-refractivity contribution is -0.119. The number of carbonyl (C=O) groups excluding carboxylic acids is 3. The van der Waals surface area contributed by atoms with Crippen LogP contribution in [0.1, 0.15) is 20.9 Å². The van der Waals surface area contributed by atoms with Gasteiger partial charge >= 0.3 is 5.97 Å². The van der Waals surface area contributed by atoms with Gasteiger partial charge in [-0.1, -0.05) is 6.07 Å². The highest BCUT2D eigenvalue weighted by Crippen LogP contribution is 2.18. The van der Waals surface area contributed by atoms with Gasteiger partial charge in [0.1, 0.15) is 17.3 Å². The zero-order valence-corrected chi connectivity index (χ0v) is 14.8. The van der Waals surface area contributed by atoms with E-state index in [2.05, 4.69) is 5.32 Å². The van der Waals surface area contributed by atoms with Gasteiger partial charge in [-0.15, -0.1) is 0 Å². The maximum atomic E-state index is 13.5. The molecular formula is C20H14F2N2O5. The quantitative estimate of drug-likeness (QED) is 0.616. The Morgan fingerprint density at radius 1 is 0.897 bits per heavy atom. The zero-order chi connectivity index (χ0) is 20.8. The third kappa shape index (κ3) is 5.04. The Bertz CT molecular complexity index is 1010. The van der Waals surface area contributed by atoms with E-state index in [1.807, 2.05) is 5.32 Å². The number of benzene rings is 2. The number of anilines is 2. The van der Waals surface area contributed by atoms with Gasteiger partial charge in [0, 0.05) is 5.69 Å². The largest absolute Gasteiger partial charge is 0.459 e. The summed E-state index contributed by atoms with van der Waals surface area (Å²) in [6.45, 7) is -0.733. The van der Waals surface area contributed by atoms with E-state index in [0.717, 1.165) is 18.2 Å². The van der Waals surface area contributed by atoms with E-state index >= 15 is 0 Å². The van der Waals surface area contributed by atoms with Crippen LogP contribution in [0.15, 0.2) is 65.3 Å². The van der Waals surface area contributed by atoms with Crippen molar-refractivity contribution in [1.29, 1.82) is 0 Å². The lowest BCUT2D eigenvalue weighted by Gasteiger charge is -2.09. The number of rotatable bonds is 6. The van der Waals surface area contributed by atoms with Crippen molar-refractivity contribution in [1.82, 2.24) is 0 Å². The van der Waals surface area contributed by atoms with Gasteiger partial charge in [0.25, 0.3) is 11.8 Å². The number of ether oxygens (including phenoxy) is 1. The molecule has 0 bridgehead atoms. The molecule has 1 aromatic heterocycles. The van der Waals surface area contributed by atoms with E-state index in [9.17, 15) is 23.2 Å². The highest BCUT2D eigenvalue weighted by Gasteiger charge is 2.15. The second kappa shape index (κ2) is 8.79. The van der Waals surface area contributed by atoms with Crippen LogP contribution >= 0.6 is 0 Å². The number of para-hydroxylation sites is 1. The highest BCUT2D eigenvalue weighted by atomic mass is 19.1. The van der Waals surface area contributed by atoms with E-state index < -0.39 is 41.7 Å². The average molecular weight is 400 g/mol. The molecule has 3 rings (SSSR count). The van der Waals surface area contributed by atoms with Crippen LogP contribution in [0.5, 0.6) is 0 Å². The van der Waals surface area contributed by atoms with Gasteiger partial charge in [0.15, 0.2) is 12.4 Å². The van der Waals surface area contributed by atoms with Crippen molar-refractivity contribution in [3.8, 4) is 0 Å². The standard InChI is InChI=1S/C20H14F2N2O5/c21-14-3-1-4-15(22)18(14)24-17(25)11-29-20(27)12-6-8-13(9-7-12)23-19(26)16-5-2-10-28-16/h1-10H,11H2,(H,23,26)(H,24,25). The number of halogens is 2. The summed E-state index contributed by atoms with van der Waals surface area (Å²) in [5.41, 5.74) is -0.0909. The predicted molar refractivity (Wildman–Crippen MR) is 98.4 cm³/mol. The van der Waals surface area contributed by atoms with Gasteiger partial charge in [0.2, 0.25) is 0 Å². The number of carbonyl (C=O) groups is 3. The highest BCUT2D eigenvalue weighted by molar-refractivity contribution is 6.02. The summed E-state index contributed by atoms with van der Waals surface area (Å²) < 4.78 is 36.8. The van der Waals surface area contributed by atoms with E-state index in [4.69, 9.17) is 9.15 Å². The molecule has 0 aliphatic carbocycles. The van der Waals surface area contributed by atoms with Crippen molar-refractivity contribution in [3.05, 3.63) is 83.8 Å². The number of esters is 1. The molecule has 0 radical (unpaired) electrons. The number of hydrogen-bond donors (Lipinski definition) is 2. The van der Waals surface area contributed by atoms with Gasteiger partial charge in [0.05, 0.1) is 11.8 Å². The van der Waals surface area contributed by atoms with Crippen LogP contribution in [-0.4, -0.2) is 24.4 Å². The molecule has 2 N–H and O–H groups in total. The molecule has 0 atom stereocenters. The van der Waals surface area contributed by atoms with E-state index in [1.165, 1.54) is 36.6 Å². The number of nitrogens with one attached hydrogen (secondary N) is 2. The lowest BCUT2D eigenvalue weighted by atomic mass is 10.2. The summed E-state index contributed by atoms with van der Waals surface area (Å²) >= 11 is 0. The van der Waals surface area contributed by atoms with Gasteiger partial charge in [-0.25, -0.2) is 13.6 Å². The van der Waals surface area contributed by atoms with Crippen molar-refractivity contribution in [3.63, 3.8) is 0 Å². The van der Waals surface area contributed by atoms with E-state index in [-0.39, 0.29) is 11.3 Å². The Balaban J connectivity index is 1.53. The molecule has 2 aromatic carbocycles. The van der Waals surface area contributed by atoms with Crippen LogP contribution in [0.2, 0.25) is 0 Å². The third-order valence-corrected chi connectivity index (χ3v) is 3.68. The van der Waals surface area contributed by atoms with Crippen LogP contribution in [0.3, 0.4) is 0 Å². The number of hydrogen-bond acceptors (Lipinski definition) is 5. The minimum Gasteiger partial charge on any atom is -0.459 e. The fourth-order valence-corrected chi connectivity index (χ4v) is 2.30. The van der Waals surface area contributed by atoms with Crippen molar-refractivity contribution in [2.24, 2.45) is 0 Å². The van der Waals surface area contributed by atoms with Gasteiger partial charge < -0.3 is 19.8 Å². The molecule has 148 valence electrons. The Hall–Kier alpha value is -4.01. The minimum absolute atomic E-state index is 0.117. The smallest absolute Gasteiger partial charge is 0.338 e. The molecule has 0 saturated carbocycles. The van der Waals surface area contributed by atoms with Crippen LogP contribution in [0.25, 0.3) is 0 Å². The third-order valence-electron chi connectivity index (χ3n) is 3.68. The van der Waals surface area contributed by atoms with Crippen molar-refractivity contribution in [2.75, 3.05) is 17.2 Å². The summed E-state index contributed by atoms with van der Waals surface area (Å²) in [6.07, 6.45) is 1.37. The number of furan rings is 1. The molecule has 0 fully saturated rings. The molecule has 29 heavy (non-hydrogen) atoms. The van der Waals surface area contributed by atoms with Crippen molar-refractivity contribution in [2.45, 2.75) is 0 Å². The Kier molecular flexibility index (Phi) is 5.98. The fourth-order valence-electron chi connectivity index (χ4n) is 2.30. The first kappa shape index (κ1) is 19.7. The number of amides is 2. The zero-order valence-electron chi connectivity index (χ0n) is 14.8. The molecule has 0 aliphatic rings. The topological polar surface area (TPSA) is 97.6 Å². The fraction of sp³-hybridized carbons (Fsp3) is 0.0500. The summed E-state index contributed by atoms with van der Waals surface area (Å²) in [6, 6.07) is 11.9. The SMILES string of the molecule is O=C(COC(=O)c1ccc(NC(=O)c2ccco2)cc1)Nc1c(F)cccc1F. The maximum absolute atomic E-state index is 13.5. The van der Waals surface area contributed by atoms with Gasteiger partial charge in [-0.05, 0) is 48.5 Å². The second-order valence-electron chi connectivity index (χ2n) is 5.73. The first-order valence-corrected chi connectivity index (χ1v) is 8.30. The molecular weight excluding hydrogens is 386 g/mol. The Morgan fingerprint density at radius 2 is 1.59 bits per heavy atom. The summed E-state index contributed by atoms with van der Waals surface area (Å²) in [4.78, 5) is 35.6. The molecule has 0 spiro atoms. The van der Waals surface area contributed by atoms with Gasteiger partial charge in [-0.3, -0.25) is 9.59 Å². The average Bonchev–Trinajstić information content (AvgIpc) is 3.25. The first-order valence-electron chi connectivity index (χ1n) is 8.30. The van der Waals surface area contributed by atoms with Crippen LogP contribution in [-0.2, 0) is 9.53 Å². The van der Waals surface area contributed by atoms with Crippen molar-refractivity contribution >= 4 is 29.2 Å². The van der Waals surface area contributed by atoms with Crippen LogP contribution in [0, 0.1) is 11.6 Å². The van der Waals surface area contributed by atoms with Crippen molar-refractivity contribution < 1.29 is 32.3 Å². The van der Waals surface area contributed by atoms with Gasteiger partial charge in [-0.2, -0.15) is 0 Å². The molecule has 3 aromatic rings. The van der Waals surface area contributed by atoms with Crippen LogP contribution < -0.4 is 10.6 Å². The summed E-state index contributed by atoms with van der Waals surface area (Å²) in [5, 5.41) is 4.59. The van der Waals surface area contributed by atoms with E-state index in [1.54, 1.807) is 6.07 Å². The second-order valence-corrected chi connectivity index (χ2v) is 5.73. The Morgan fingerprint density at radius 3 is 2.21 bits per heavy atom. The molecule has 2 amide bonds. The lowest BCUT2D eigenvalue weighted by Crippen LogP contribution is -2.22. The maximum Gasteiger partial charge on any atom is 0.338 e. The van der Waals surface area contributed by atoms with Crippen LogP contribution in [0.4, 0.5) is 20.2 Å². The Labute approximate surface area is 163 Å². The molecule has 0 unspecified atom stereocenters. The summed E-state index contributed by atoms with van der Waals surface area (Å²) in [5.74, 6) is -3.94. The minimum atomic E-state index is -0.947. The summed E-state index contributed by atoms with van der Waals surface area (Å²) in [7, 11) is 0. The van der Waals surface area contributed by atoms with E-state index in [0.29, 0.717) is 5.69 Å². The predicted octanol–water partition coefficient (Wildman–Crippen LogP) is 3.61. The first-order chi connectivity index (χ1) is 13.9.